The molecule has 1 aliphatic rings. The molecule has 0 bridgehead atoms. The highest BCUT2D eigenvalue weighted by molar-refractivity contribution is 7.82. The van der Waals surface area contributed by atoms with Gasteiger partial charge in [0.1, 0.15) is 22.3 Å². The summed E-state index contributed by atoms with van der Waals surface area (Å²) >= 11 is 5.62. The highest BCUT2D eigenvalue weighted by Gasteiger charge is 2.38. The molecule has 2 atom stereocenters. The fourth-order valence-electron chi connectivity index (χ4n) is 2.03. The van der Waals surface area contributed by atoms with Crippen LogP contribution in [0.25, 0.3) is 0 Å². The Morgan fingerprint density at radius 3 is 2.68 bits per heavy atom. The Morgan fingerprint density at radius 1 is 1.45 bits per heavy atom. The molecule has 124 valence electrons. The quantitative estimate of drug-likeness (QED) is 0.858. The molecule has 0 radical (unpaired) electrons. The number of ether oxygens (including phenoxy) is 1. The van der Waals surface area contributed by atoms with Crippen molar-refractivity contribution in [3.63, 3.8) is 0 Å². The van der Waals surface area contributed by atoms with E-state index < -0.39 is 35.3 Å². The van der Waals surface area contributed by atoms with Crippen molar-refractivity contribution in [1.82, 2.24) is 4.31 Å². The Bertz CT molecular complexity index is 586. The summed E-state index contributed by atoms with van der Waals surface area (Å²) < 4.78 is 54.3. The lowest BCUT2D eigenvalue weighted by molar-refractivity contribution is -0.274. The minimum Gasteiger partial charge on any atom is -0.404 e. The molecule has 2 rings (SSSR count). The lowest BCUT2D eigenvalue weighted by Gasteiger charge is -2.20. The minimum atomic E-state index is -4.91. The van der Waals surface area contributed by atoms with Crippen LogP contribution < -0.4 is 4.74 Å². The zero-order valence-electron chi connectivity index (χ0n) is 11.1. The molecule has 1 aliphatic heterocycles. The molecule has 1 saturated heterocycles. The van der Waals surface area contributed by atoms with Crippen molar-refractivity contribution >= 4 is 22.6 Å². The number of hydrogen-bond acceptors (Lipinski definition) is 4. The van der Waals surface area contributed by atoms with Gasteiger partial charge in [-0.05, 0) is 24.6 Å². The van der Waals surface area contributed by atoms with Gasteiger partial charge in [0, 0.05) is 13.1 Å². The monoisotopic (exact) mass is 359 g/mol. The van der Waals surface area contributed by atoms with Crippen molar-refractivity contribution in [2.45, 2.75) is 23.3 Å². The average molecular weight is 360 g/mol. The van der Waals surface area contributed by atoms with Crippen LogP contribution in [0.3, 0.4) is 0 Å². The predicted molar refractivity (Wildman–Crippen MR) is 72.8 cm³/mol. The first-order valence-corrected chi connectivity index (χ1v) is 7.67. The summed E-state index contributed by atoms with van der Waals surface area (Å²) in [5, 5.41) is 18.7. The maximum absolute atomic E-state index is 12.3. The topological polar surface area (TPSA) is 70.0 Å². The third-order valence-corrected chi connectivity index (χ3v) is 4.91. The Morgan fingerprint density at radius 2 is 2.14 bits per heavy atom. The second-order valence-electron chi connectivity index (χ2n) is 4.89. The third-order valence-electron chi connectivity index (χ3n) is 3.16. The molecule has 10 heteroatoms. The molecule has 0 amide bonds. The van der Waals surface area contributed by atoms with Gasteiger partial charge in [-0.3, -0.25) is 0 Å². The van der Waals surface area contributed by atoms with Crippen LogP contribution in [0.1, 0.15) is 6.42 Å². The average Bonchev–Trinajstić information content (AvgIpc) is 2.82. The second kappa shape index (κ2) is 6.32. The number of aliphatic hydroxyl groups is 2. The molecule has 1 fully saturated rings. The molecule has 22 heavy (non-hydrogen) atoms. The first-order valence-electron chi connectivity index (χ1n) is 6.19. The highest BCUT2D eigenvalue weighted by atomic mass is 35.5. The summed E-state index contributed by atoms with van der Waals surface area (Å²) in [5.41, 5.74) is -1.35. The molecule has 0 saturated carbocycles. The summed E-state index contributed by atoms with van der Waals surface area (Å²) in [4.78, 5) is 0.0610. The zero-order chi connectivity index (χ0) is 16.5. The van der Waals surface area contributed by atoms with Gasteiger partial charge in [-0.2, -0.15) is 0 Å². The van der Waals surface area contributed by atoms with E-state index in [-0.39, 0.29) is 29.4 Å². The van der Waals surface area contributed by atoms with E-state index in [2.05, 4.69) is 4.74 Å². The number of rotatable bonds is 4. The van der Waals surface area contributed by atoms with Gasteiger partial charge in [0.05, 0.1) is 16.5 Å². The van der Waals surface area contributed by atoms with Gasteiger partial charge in [-0.1, -0.05) is 11.6 Å². The van der Waals surface area contributed by atoms with Gasteiger partial charge in [-0.25, -0.2) is 8.51 Å². The molecular weight excluding hydrogens is 347 g/mol. The number of hydrogen-bond donors (Lipinski definition) is 2. The van der Waals surface area contributed by atoms with E-state index in [0.29, 0.717) is 0 Å². The third kappa shape index (κ3) is 4.11. The highest BCUT2D eigenvalue weighted by Crippen LogP contribution is 2.33. The SMILES string of the molecule is O=S(c1ccc(Cl)c(OC(F)(F)F)c1)N1CCC(O)(CO)C1. The predicted octanol–water partition coefficient (Wildman–Crippen LogP) is 1.69. The van der Waals surface area contributed by atoms with E-state index in [1.807, 2.05) is 0 Å². The van der Waals surface area contributed by atoms with E-state index in [9.17, 15) is 22.5 Å². The van der Waals surface area contributed by atoms with Gasteiger partial charge in [0.25, 0.3) is 0 Å². The maximum Gasteiger partial charge on any atom is 0.573 e. The molecule has 5 nitrogen and oxygen atoms in total. The first-order chi connectivity index (χ1) is 10.1. The fourth-order valence-corrected chi connectivity index (χ4v) is 3.50. The number of benzene rings is 1. The zero-order valence-corrected chi connectivity index (χ0v) is 12.7. The van der Waals surface area contributed by atoms with Gasteiger partial charge in [-0.15, -0.1) is 13.2 Å². The summed E-state index contributed by atoms with van der Waals surface area (Å²) in [7, 11) is -1.80. The molecule has 0 aliphatic carbocycles. The van der Waals surface area contributed by atoms with Crippen molar-refractivity contribution in [1.29, 1.82) is 0 Å². The van der Waals surface area contributed by atoms with Gasteiger partial charge in [0.15, 0.2) is 0 Å². The van der Waals surface area contributed by atoms with Crippen molar-refractivity contribution < 1.29 is 32.3 Å². The van der Waals surface area contributed by atoms with Crippen molar-refractivity contribution in [3.05, 3.63) is 23.2 Å². The molecular formula is C12H13ClF3NO4S. The molecule has 1 heterocycles. The van der Waals surface area contributed by atoms with E-state index >= 15 is 0 Å². The van der Waals surface area contributed by atoms with Crippen LogP contribution >= 0.6 is 11.6 Å². The molecule has 0 aromatic heterocycles. The summed E-state index contributed by atoms with van der Waals surface area (Å²) in [6.07, 6.45) is -4.69. The summed E-state index contributed by atoms with van der Waals surface area (Å²) in [6.45, 7) is -0.292. The fraction of sp³-hybridized carbons (Fsp3) is 0.500. The number of aliphatic hydroxyl groups excluding tert-OH is 1. The van der Waals surface area contributed by atoms with E-state index in [4.69, 9.17) is 16.7 Å². The van der Waals surface area contributed by atoms with Crippen molar-refractivity contribution in [3.8, 4) is 5.75 Å². The normalized spacial score (nSPS) is 24.5. The Kier molecular flexibility index (Phi) is 5.03. The smallest absolute Gasteiger partial charge is 0.404 e. The lowest BCUT2D eigenvalue weighted by Crippen LogP contribution is -2.37. The standard InChI is InChI=1S/C12H13ClF3NO4S/c13-9-2-1-8(5-10(9)21-12(14,15)16)22(20)17-4-3-11(19,6-17)7-18/h1-2,5,18-19H,3-4,6-7H2. The van der Waals surface area contributed by atoms with Gasteiger partial charge >= 0.3 is 6.36 Å². The number of halogens is 4. The van der Waals surface area contributed by atoms with Crippen LogP contribution in [-0.2, 0) is 11.0 Å². The number of alkyl halides is 3. The van der Waals surface area contributed by atoms with Crippen LogP contribution in [0, 0.1) is 0 Å². The first kappa shape index (κ1) is 17.5. The Balaban J connectivity index is 2.19. The Labute approximate surface area is 131 Å². The largest absolute Gasteiger partial charge is 0.573 e. The van der Waals surface area contributed by atoms with Crippen LogP contribution in [-0.4, -0.2) is 50.4 Å². The molecule has 0 spiro atoms. The molecule has 1 aromatic rings. The van der Waals surface area contributed by atoms with Crippen LogP contribution in [0.2, 0.25) is 5.02 Å². The van der Waals surface area contributed by atoms with E-state index in [0.717, 1.165) is 12.1 Å². The van der Waals surface area contributed by atoms with Crippen LogP contribution in [0.5, 0.6) is 5.75 Å². The lowest BCUT2D eigenvalue weighted by atomic mass is 10.1. The minimum absolute atomic E-state index is 0.0474. The second-order valence-corrected chi connectivity index (χ2v) is 6.78. The van der Waals surface area contributed by atoms with Gasteiger partial charge in [0.2, 0.25) is 0 Å². The van der Waals surface area contributed by atoms with E-state index in [1.165, 1.54) is 10.4 Å². The van der Waals surface area contributed by atoms with Crippen molar-refractivity contribution in [2.75, 3.05) is 19.7 Å². The number of β-amino-alcohol motifs (C(OH)–C–C–N with tert-alkyl or cyclic N) is 1. The van der Waals surface area contributed by atoms with Crippen molar-refractivity contribution in [2.24, 2.45) is 0 Å². The molecule has 2 unspecified atom stereocenters. The maximum atomic E-state index is 12.3. The molecule has 2 N–H and O–H groups in total. The van der Waals surface area contributed by atoms with E-state index in [1.54, 1.807) is 0 Å². The summed E-state index contributed by atoms with van der Waals surface area (Å²) in [5.74, 6) is -0.642. The van der Waals surface area contributed by atoms with Crippen LogP contribution in [0.4, 0.5) is 13.2 Å². The summed E-state index contributed by atoms with van der Waals surface area (Å²) in [6, 6.07) is 3.42. The Hall–Kier alpha value is -0.870. The molecule has 1 aromatic carbocycles. The van der Waals surface area contributed by atoms with Crippen LogP contribution in [0.15, 0.2) is 23.1 Å². The van der Waals surface area contributed by atoms with Gasteiger partial charge < -0.3 is 14.9 Å². The number of nitrogens with zero attached hydrogens (tertiary/aromatic N) is 1.